The van der Waals surface area contributed by atoms with E-state index >= 15 is 0 Å². The monoisotopic (exact) mass is 482 g/mol. The van der Waals surface area contributed by atoms with Gasteiger partial charge in [-0.25, -0.2) is 8.78 Å². The van der Waals surface area contributed by atoms with E-state index in [-0.39, 0.29) is 29.5 Å². The molecule has 7 heteroatoms. The first-order chi connectivity index (χ1) is 16.9. The molecule has 0 aliphatic carbocycles. The Labute approximate surface area is 207 Å². The summed E-state index contributed by atoms with van der Waals surface area (Å²) >= 11 is 0. The second-order valence-electron chi connectivity index (χ2n) is 10.3. The Morgan fingerprint density at radius 1 is 1.00 bits per heavy atom. The molecule has 1 amide bonds. The van der Waals surface area contributed by atoms with Crippen molar-refractivity contribution < 1.29 is 13.6 Å². The third-order valence-corrected chi connectivity index (χ3v) is 8.22. The molecule has 2 saturated heterocycles. The molecule has 3 aliphatic heterocycles. The van der Waals surface area contributed by atoms with Crippen LogP contribution >= 0.6 is 0 Å². The van der Waals surface area contributed by atoms with Crippen LogP contribution in [-0.4, -0.2) is 78.5 Å². The number of hydrogen-bond donors (Lipinski definition) is 0. The van der Waals surface area contributed by atoms with E-state index in [4.69, 9.17) is 0 Å². The molecule has 0 unspecified atom stereocenters. The normalized spacial score (nSPS) is 23.8. The number of piperidine rings is 1. The Morgan fingerprint density at radius 3 is 2.43 bits per heavy atom. The summed E-state index contributed by atoms with van der Waals surface area (Å²) in [5.41, 5.74) is 3.09. The highest BCUT2D eigenvalue weighted by molar-refractivity contribution is 5.73. The lowest BCUT2D eigenvalue weighted by atomic mass is 9.88. The van der Waals surface area contributed by atoms with E-state index in [1.54, 1.807) is 13.0 Å². The Morgan fingerprint density at radius 2 is 1.71 bits per heavy atom. The van der Waals surface area contributed by atoms with Gasteiger partial charge >= 0.3 is 0 Å². The minimum absolute atomic E-state index is 0.173. The molecule has 2 aromatic rings. The van der Waals surface area contributed by atoms with E-state index in [0.717, 1.165) is 82.0 Å². The fraction of sp³-hybridized carbons (Fsp3) is 0.536. The Kier molecular flexibility index (Phi) is 7.07. The molecule has 35 heavy (non-hydrogen) atoms. The number of piperazine rings is 1. The van der Waals surface area contributed by atoms with Crippen LogP contribution in [0.25, 0.3) is 0 Å². The first-order valence-electron chi connectivity index (χ1n) is 13.0. The lowest BCUT2D eigenvalue weighted by molar-refractivity contribution is -0.130. The number of rotatable bonds is 6. The quantitative estimate of drug-likeness (QED) is 0.602. The maximum atomic E-state index is 14.2. The van der Waals surface area contributed by atoms with Gasteiger partial charge in [0.05, 0.1) is 0 Å². The zero-order chi connectivity index (χ0) is 24.5. The van der Waals surface area contributed by atoms with Gasteiger partial charge in [0.1, 0.15) is 11.6 Å². The largest absolute Gasteiger partial charge is 0.340 e. The van der Waals surface area contributed by atoms with Crippen molar-refractivity contribution in [2.45, 2.75) is 51.1 Å². The number of hydrogen-bond acceptors (Lipinski definition) is 4. The summed E-state index contributed by atoms with van der Waals surface area (Å²) in [6, 6.07) is 12.5. The van der Waals surface area contributed by atoms with Gasteiger partial charge in [-0.3, -0.25) is 9.69 Å². The number of nitrogens with zero attached hydrogens (tertiary/aromatic N) is 4. The second kappa shape index (κ2) is 10.2. The standard InChI is InChI=1S/C28H36F2N4O/c1-20(32-14-16-33(17-15-32)21(2)35)4-3-12-31-13-11-28-26(19-31)25-18-23(30)7-10-27(25)34(28)24-8-5-22(29)6-9-24/h5-10,18,20,26,28H,3-4,11-17,19H2,1-2H3/t20-,26+,28-/m1/s1. The van der Waals surface area contributed by atoms with Crippen LogP contribution in [0.2, 0.25) is 0 Å². The number of carbonyl (C=O) groups is 1. The number of likely N-dealkylation sites (tertiary alicyclic amines) is 1. The van der Waals surface area contributed by atoms with Gasteiger partial charge in [0.2, 0.25) is 5.91 Å². The molecule has 3 atom stereocenters. The molecule has 0 saturated carbocycles. The first kappa shape index (κ1) is 24.2. The van der Waals surface area contributed by atoms with Crippen LogP contribution in [0.3, 0.4) is 0 Å². The Balaban J connectivity index is 1.19. The minimum Gasteiger partial charge on any atom is -0.340 e. The van der Waals surface area contributed by atoms with Gasteiger partial charge in [0.25, 0.3) is 0 Å². The van der Waals surface area contributed by atoms with Crippen molar-refractivity contribution in [1.82, 2.24) is 14.7 Å². The van der Waals surface area contributed by atoms with E-state index in [0.29, 0.717) is 6.04 Å². The summed E-state index contributed by atoms with van der Waals surface area (Å²) in [6.45, 7) is 10.5. The first-order valence-corrected chi connectivity index (χ1v) is 13.0. The molecule has 5 nitrogen and oxygen atoms in total. The summed E-state index contributed by atoms with van der Waals surface area (Å²) in [4.78, 5) is 20.8. The van der Waals surface area contributed by atoms with E-state index < -0.39 is 0 Å². The molecule has 5 rings (SSSR count). The van der Waals surface area contributed by atoms with Crippen LogP contribution in [0.15, 0.2) is 42.5 Å². The molecular formula is C28H36F2N4O. The van der Waals surface area contributed by atoms with E-state index in [1.165, 1.54) is 18.2 Å². The van der Waals surface area contributed by atoms with Gasteiger partial charge < -0.3 is 14.7 Å². The average molecular weight is 483 g/mol. The number of carbonyl (C=O) groups excluding carboxylic acids is 1. The van der Waals surface area contributed by atoms with E-state index in [2.05, 4.69) is 21.6 Å². The SMILES string of the molecule is CC(=O)N1CCN([C@H](C)CCCN2CC[C@@H]3[C@@H](C2)c2cc(F)ccc2N3c2ccc(F)cc2)CC1. The van der Waals surface area contributed by atoms with Crippen molar-refractivity contribution >= 4 is 17.3 Å². The van der Waals surface area contributed by atoms with Gasteiger partial charge in [0.15, 0.2) is 0 Å². The van der Waals surface area contributed by atoms with Crippen molar-refractivity contribution in [3.63, 3.8) is 0 Å². The van der Waals surface area contributed by atoms with Gasteiger partial charge in [-0.2, -0.15) is 0 Å². The third kappa shape index (κ3) is 5.07. The highest BCUT2D eigenvalue weighted by atomic mass is 19.1. The molecule has 0 aromatic heterocycles. The maximum absolute atomic E-state index is 14.2. The van der Waals surface area contributed by atoms with E-state index in [9.17, 15) is 13.6 Å². The number of fused-ring (bicyclic) bond motifs is 3. The topological polar surface area (TPSA) is 30.0 Å². The van der Waals surface area contributed by atoms with Crippen LogP contribution < -0.4 is 4.90 Å². The molecule has 188 valence electrons. The van der Waals surface area contributed by atoms with Crippen LogP contribution in [0.4, 0.5) is 20.2 Å². The lowest BCUT2D eigenvalue weighted by Crippen LogP contribution is -2.51. The molecular weight excluding hydrogens is 446 g/mol. The summed E-state index contributed by atoms with van der Waals surface area (Å²) in [5.74, 6) is -0.0171. The predicted molar refractivity (Wildman–Crippen MR) is 135 cm³/mol. The summed E-state index contributed by atoms with van der Waals surface area (Å²) in [5, 5.41) is 0. The van der Waals surface area contributed by atoms with Crippen LogP contribution in [-0.2, 0) is 4.79 Å². The summed E-state index contributed by atoms with van der Waals surface area (Å²) < 4.78 is 27.8. The van der Waals surface area contributed by atoms with Gasteiger partial charge in [0, 0.05) is 75.6 Å². The summed E-state index contributed by atoms with van der Waals surface area (Å²) in [7, 11) is 0. The van der Waals surface area contributed by atoms with Crippen molar-refractivity contribution in [3.8, 4) is 0 Å². The van der Waals surface area contributed by atoms with Gasteiger partial charge in [-0.05, 0) is 80.8 Å². The third-order valence-electron chi connectivity index (χ3n) is 8.22. The van der Waals surface area contributed by atoms with Crippen molar-refractivity contribution in [3.05, 3.63) is 59.7 Å². The highest BCUT2D eigenvalue weighted by Crippen LogP contribution is 2.48. The number of benzene rings is 2. The Bertz CT molecular complexity index is 1040. The lowest BCUT2D eigenvalue weighted by Gasteiger charge is -2.40. The Hall–Kier alpha value is -2.51. The minimum atomic E-state index is -0.242. The number of amides is 1. The predicted octanol–water partition coefficient (Wildman–Crippen LogP) is 4.61. The average Bonchev–Trinajstić information content (AvgIpc) is 3.17. The van der Waals surface area contributed by atoms with Gasteiger partial charge in [-0.15, -0.1) is 0 Å². The smallest absolute Gasteiger partial charge is 0.219 e. The van der Waals surface area contributed by atoms with E-state index in [1.807, 2.05) is 23.1 Å². The van der Waals surface area contributed by atoms with Crippen molar-refractivity contribution in [2.75, 3.05) is 50.7 Å². The fourth-order valence-electron chi connectivity index (χ4n) is 6.25. The molecule has 3 heterocycles. The maximum Gasteiger partial charge on any atom is 0.219 e. The highest BCUT2D eigenvalue weighted by Gasteiger charge is 2.42. The van der Waals surface area contributed by atoms with Crippen LogP contribution in [0.1, 0.15) is 44.6 Å². The van der Waals surface area contributed by atoms with Crippen molar-refractivity contribution in [1.29, 1.82) is 0 Å². The zero-order valence-corrected chi connectivity index (χ0v) is 20.8. The summed E-state index contributed by atoms with van der Waals surface area (Å²) in [6.07, 6.45) is 3.27. The molecule has 2 aromatic carbocycles. The number of anilines is 2. The molecule has 0 spiro atoms. The molecule has 0 bridgehead atoms. The zero-order valence-electron chi connectivity index (χ0n) is 20.8. The number of halogens is 2. The van der Waals surface area contributed by atoms with Gasteiger partial charge in [-0.1, -0.05) is 0 Å². The second-order valence-corrected chi connectivity index (χ2v) is 10.3. The van der Waals surface area contributed by atoms with Crippen LogP contribution in [0, 0.1) is 11.6 Å². The molecule has 0 N–H and O–H groups in total. The molecule has 2 fully saturated rings. The fourth-order valence-corrected chi connectivity index (χ4v) is 6.25. The van der Waals surface area contributed by atoms with Crippen LogP contribution in [0.5, 0.6) is 0 Å². The molecule has 0 radical (unpaired) electrons. The van der Waals surface area contributed by atoms with Crippen molar-refractivity contribution in [2.24, 2.45) is 0 Å². The molecule has 3 aliphatic rings.